The van der Waals surface area contributed by atoms with Crippen LogP contribution in [0.4, 0.5) is 10.1 Å². The summed E-state index contributed by atoms with van der Waals surface area (Å²) in [5.41, 5.74) is 0.304. The molecule has 1 saturated carbocycles. The molecule has 5 heteroatoms. The predicted molar refractivity (Wildman–Crippen MR) is 76.0 cm³/mol. The molecule has 1 aliphatic rings. The molecule has 0 aromatic heterocycles. The molecule has 0 heterocycles. The van der Waals surface area contributed by atoms with Crippen LogP contribution in [-0.4, -0.2) is 17.1 Å². The fraction of sp³-hybridized carbons (Fsp3) is 0.500. The first-order chi connectivity index (χ1) is 8.91. The summed E-state index contributed by atoms with van der Waals surface area (Å²) < 4.78 is 14.1. The third-order valence-corrected chi connectivity index (χ3v) is 4.89. The average molecular weight is 330 g/mol. The van der Waals surface area contributed by atoms with Crippen molar-refractivity contribution < 1.29 is 14.3 Å². The van der Waals surface area contributed by atoms with E-state index >= 15 is 0 Å². The van der Waals surface area contributed by atoms with E-state index in [9.17, 15) is 9.18 Å². The van der Waals surface area contributed by atoms with Gasteiger partial charge in [-0.25, -0.2) is 9.18 Å². The third-order valence-electron chi connectivity index (χ3n) is 4.12. The maximum Gasteiger partial charge on any atom is 0.336 e. The van der Waals surface area contributed by atoms with Crippen LogP contribution in [-0.2, 0) is 0 Å². The second-order valence-corrected chi connectivity index (χ2v) is 6.05. The number of halogens is 2. The lowest BCUT2D eigenvalue weighted by atomic mass is 9.97. The fourth-order valence-electron chi connectivity index (χ4n) is 2.59. The summed E-state index contributed by atoms with van der Waals surface area (Å²) in [5, 5.41) is 12.1. The van der Waals surface area contributed by atoms with Crippen molar-refractivity contribution >= 4 is 27.6 Å². The van der Waals surface area contributed by atoms with Gasteiger partial charge in [0.25, 0.3) is 0 Å². The van der Waals surface area contributed by atoms with E-state index in [4.69, 9.17) is 5.11 Å². The fourth-order valence-corrected chi connectivity index (χ4v) is 3.11. The molecule has 0 saturated heterocycles. The van der Waals surface area contributed by atoms with Crippen molar-refractivity contribution in [1.82, 2.24) is 0 Å². The van der Waals surface area contributed by atoms with Gasteiger partial charge < -0.3 is 10.4 Å². The smallest absolute Gasteiger partial charge is 0.336 e. The molecule has 0 amide bonds. The van der Waals surface area contributed by atoms with Gasteiger partial charge in [-0.3, -0.25) is 0 Å². The van der Waals surface area contributed by atoms with Gasteiger partial charge in [0.2, 0.25) is 0 Å². The van der Waals surface area contributed by atoms with Gasteiger partial charge in [0.1, 0.15) is 0 Å². The molecule has 104 valence electrons. The van der Waals surface area contributed by atoms with Gasteiger partial charge in [-0.15, -0.1) is 0 Å². The Bertz CT molecular complexity index is 506. The van der Waals surface area contributed by atoms with Gasteiger partial charge in [-0.1, -0.05) is 13.8 Å². The summed E-state index contributed by atoms with van der Waals surface area (Å²) in [7, 11) is 0. The molecule has 1 aromatic rings. The second kappa shape index (κ2) is 5.49. The first-order valence-electron chi connectivity index (χ1n) is 6.39. The van der Waals surface area contributed by atoms with Crippen LogP contribution < -0.4 is 5.32 Å². The lowest BCUT2D eigenvalue weighted by Gasteiger charge is -2.21. The van der Waals surface area contributed by atoms with E-state index in [0.29, 0.717) is 17.5 Å². The summed E-state index contributed by atoms with van der Waals surface area (Å²) >= 11 is 3.01. The van der Waals surface area contributed by atoms with E-state index < -0.39 is 11.8 Å². The third kappa shape index (κ3) is 2.76. The Morgan fingerprint density at radius 1 is 1.42 bits per heavy atom. The van der Waals surface area contributed by atoms with Gasteiger partial charge in [-0.05, 0) is 52.7 Å². The van der Waals surface area contributed by atoms with Crippen molar-refractivity contribution in [2.75, 3.05) is 5.32 Å². The zero-order valence-electron chi connectivity index (χ0n) is 10.9. The van der Waals surface area contributed by atoms with Crippen molar-refractivity contribution in [2.45, 2.75) is 32.7 Å². The molecule has 19 heavy (non-hydrogen) atoms. The van der Waals surface area contributed by atoms with Crippen LogP contribution in [0.2, 0.25) is 0 Å². The molecule has 1 aliphatic carbocycles. The van der Waals surface area contributed by atoms with Crippen LogP contribution in [0.3, 0.4) is 0 Å². The summed E-state index contributed by atoms with van der Waals surface area (Å²) in [4.78, 5) is 10.9. The topological polar surface area (TPSA) is 49.3 Å². The molecule has 2 N–H and O–H groups in total. The second-order valence-electron chi connectivity index (χ2n) is 5.26. The lowest BCUT2D eigenvalue weighted by Crippen LogP contribution is -2.24. The van der Waals surface area contributed by atoms with E-state index in [1.807, 2.05) is 0 Å². The molecule has 2 rings (SSSR count). The summed E-state index contributed by atoms with van der Waals surface area (Å²) in [5.74, 6) is -0.563. The normalized spacial score (nSPS) is 26.4. The van der Waals surface area contributed by atoms with Gasteiger partial charge in [-0.2, -0.15) is 0 Å². The van der Waals surface area contributed by atoms with E-state index in [1.165, 1.54) is 12.1 Å². The summed E-state index contributed by atoms with van der Waals surface area (Å²) in [6.45, 7) is 4.36. The number of carboxylic acids is 1. The maximum atomic E-state index is 14.1. The molecule has 0 spiro atoms. The molecule has 3 nitrogen and oxygen atoms in total. The van der Waals surface area contributed by atoms with Crippen molar-refractivity contribution in [1.29, 1.82) is 0 Å². The highest BCUT2D eigenvalue weighted by Gasteiger charge is 2.30. The van der Waals surface area contributed by atoms with Crippen molar-refractivity contribution in [2.24, 2.45) is 11.8 Å². The maximum absolute atomic E-state index is 14.1. The largest absolute Gasteiger partial charge is 0.478 e. The number of carbonyl (C=O) groups is 1. The Balaban J connectivity index is 2.23. The average Bonchev–Trinajstić information content (AvgIpc) is 2.66. The highest BCUT2D eigenvalue weighted by molar-refractivity contribution is 9.10. The molecular formula is C14H17BrFNO2. The minimum Gasteiger partial charge on any atom is -0.478 e. The van der Waals surface area contributed by atoms with Gasteiger partial charge in [0.05, 0.1) is 15.7 Å². The number of rotatable bonds is 3. The Morgan fingerprint density at radius 3 is 2.63 bits per heavy atom. The van der Waals surface area contributed by atoms with Crippen LogP contribution in [0.1, 0.15) is 37.0 Å². The molecule has 1 fully saturated rings. The van der Waals surface area contributed by atoms with Crippen LogP contribution in [0.25, 0.3) is 0 Å². The number of hydrogen-bond acceptors (Lipinski definition) is 2. The molecule has 3 atom stereocenters. The molecule has 1 aromatic carbocycles. The van der Waals surface area contributed by atoms with E-state index in [1.54, 1.807) is 0 Å². The van der Waals surface area contributed by atoms with Crippen LogP contribution >= 0.6 is 15.9 Å². The molecule has 0 aliphatic heterocycles. The van der Waals surface area contributed by atoms with Crippen molar-refractivity contribution in [3.05, 3.63) is 28.0 Å². The molecule has 0 radical (unpaired) electrons. The van der Waals surface area contributed by atoms with Crippen molar-refractivity contribution in [3.8, 4) is 0 Å². The van der Waals surface area contributed by atoms with Crippen LogP contribution in [0, 0.1) is 17.7 Å². The van der Waals surface area contributed by atoms with Crippen LogP contribution in [0.15, 0.2) is 16.6 Å². The number of benzene rings is 1. The van der Waals surface area contributed by atoms with E-state index in [-0.39, 0.29) is 16.1 Å². The first-order valence-corrected chi connectivity index (χ1v) is 7.19. The quantitative estimate of drug-likeness (QED) is 0.876. The number of nitrogens with one attached hydrogen (secondary N) is 1. The number of carboxylic acid groups (broad SMARTS) is 1. The molecule has 0 bridgehead atoms. The zero-order chi connectivity index (χ0) is 14.2. The minimum atomic E-state index is -1.14. The Morgan fingerprint density at radius 2 is 2.11 bits per heavy atom. The SMILES string of the molecule is CC1CCC(Nc2ccc(C(=O)O)c(Br)c2F)C1C. The van der Waals surface area contributed by atoms with Crippen molar-refractivity contribution in [3.63, 3.8) is 0 Å². The zero-order valence-corrected chi connectivity index (χ0v) is 12.5. The number of anilines is 1. The van der Waals surface area contributed by atoms with Crippen LogP contribution in [0.5, 0.6) is 0 Å². The summed E-state index contributed by atoms with van der Waals surface area (Å²) in [6.07, 6.45) is 2.15. The first kappa shape index (κ1) is 14.3. The van der Waals surface area contributed by atoms with E-state index in [2.05, 4.69) is 35.1 Å². The van der Waals surface area contributed by atoms with Gasteiger partial charge >= 0.3 is 5.97 Å². The Kier molecular flexibility index (Phi) is 4.13. The highest BCUT2D eigenvalue weighted by atomic mass is 79.9. The standard InChI is InChI=1S/C14H17BrFNO2/c1-7-3-5-10(8(7)2)17-11-6-4-9(14(18)19)12(15)13(11)16/h4,6-8,10,17H,3,5H2,1-2H3,(H,18,19). The number of hydrogen-bond donors (Lipinski definition) is 2. The molecule has 3 unspecified atom stereocenters. The van der Waals surface area contributed by atoms with Gasteiger partial charge in [0.15, 0.2) is 5.82 Å². The molecular weight excluding hydrogens is 313 g/mol. The lowest BCUT2D eigenvalue weighted by molar-refractivity contribution is 0.0695. The predicted octanol–water partition coefficient (Wildman–Crippen LogP) is 4.13. The monoisotopic (exact) mass is 329 g/mol. The minimum absolute atomic E-state index is 0.00342. The summed E-state index contributed by atoms with van der Waals surface area (Å²) in [6, 6.07) is 3.16. The van der Waals surface area contributed by atoms with Gasteiger partial charge in [0, 0.05) is 6.04 Å². The number of aromatic carboxylic acids is 1. The van der Waals surface area contributed by atoms with E-state index in [0.717, 1.165) is 12.8 Å². The Hall–Kier alpha value is -1.10. The Labute approximate surface area is 120 Å². The highest BCUT2D eigenvalue weighted by Crippen LogP contribution is 2.35.